The van der Waals surface area contributed by atoms with E-state index in [1.54, 1.807) is 0 Å². The van der Waals surface area contributed by atoms with Crippen molar-refractivity contribution in [2.45, 2.75) is 17.4 Å². The highest BCUT2D eigenvalue weighted by Gasteiger charge is 2.21. The van der Waals surface area contributed by atoms with Gasteiger partial charge in [-0.2, -0.15) is 5.10 Å². The van der Waals surface area contributed by atoms with Gasteiger partial charge in [0.25, 0.3) is 0 Å². The van der Waals surface area contributed by atoms with Crippen molar-refractivity contribution >= 4 is 11.8 Å². The van der Waals surface area contributed by atoms with Crippen LogP contribution in [0.2, 0.25) is 0 Å². The minimum absolute atomic E-state index is 0.656. The van der Waals surface area contributed by atoms with Gasteiger partial charge in [0, 0.05) is 42.0 Å². The van der Waals surface area contributed by atoms with Gasteiger partial charge in [0.2, 0.25) is 0 Å². The van der Waals surface area contributed by atoms with Gasteiger partial charge in [-0.1, -0.05) is 18.2 Å². The monoisotopic (exact) mass is 259 g/mol. The van der Waals surface area contributed by atoms with E-state index in [1.165, 1.54) is 16.2 Å². The predicted molar refractivity (Wildman–Crippen MR) is 75.0 cm³/mol. The highest BCUT2D eigenvalue weighted by Crippen LogP contribution is 2.38. The number of fused-ring (bicyclic) bond motifs is 1. The molecule has 2 aromatic rings. The molecule has 3 rings (SSSR count). The molecule has 0 radical (unpaired) electrons. The summed E-state index contributed by atoms with van der Waals surface area (Å²) in [6, 6.07) is 10.7. The number of nitrogens with zero attached hydrogens (tertiary/aromatic N) is 2. The van der Waals surface area contributed by atoms with Gasteiger partial charge in [0.15, 0.2) is 0 Å². The molecule has 0 bridgehead atoms. The van der Waals surface area contributed by atoms with Gasteiger partial charge in [-0.15, -0.1) is 11.8 Å². The molecule has 0 aliphatic carbocycles. The third-order valence-corrected chi connectivity index (χ3v) is 4.52. The molecule has 4 heteroatoms. The van der Waals surface area contributed by atoms with E-state index in [0.29, 0.717) is 5.92 Å². The highest BCUT2D eigenvalue weighted by atomic mass is 32.2. The molecule has 1 atom stereocenters. The normalized spacial score (nSPS) is 17.9. The Morgan fingerprint density at radius 3 is 3.17 bits per heavy atom. The minimum Gasteiger partial charge on any atom is -0.314 e. The van der Waals surface area contributed by atoms with Crippen molar-refractivity contribution in [3.63, 3.8) is 0 Å². The SMILES string of the molecule is c1ccc2c(c1)SCC2CNCCn1cccn1. The Kier molecular flexibility index (Phi) is 3.67. The van der Waals surface area contributed by atoms with E-state index in [0.717, 1.165) is 19.6 Å². The number of aromatic nitrogens is 2. The average Bonchev–Trinajstić information content (AvgIpc) is 3.04. The third-order valence-electron chi connectivity index (χ3n) is 3.27. The second-order valence-electron chi connectivity index (χ2n) is 4.52. The van der Waals surface area contributed by atoms with E-state index in [1.807, 2.05) is 34.9 Å². The largest absolute Gasteiger partial charge is 0.314 e. The van der Waals surface area contributed by atoms with E-state index in [-0.39, 0.29) is 0 Å². The van der Waals surface area contributed by atoms with Crippen LogP contribution < -0.4 is 5.32 Å². The molecule has 0 fully saturated rings. The predicted octanol–water partition coefficient (Wildman–Crippen LogP) is 2.36. The number of thioether (sulfide) groups is 1. The molecule has 18 heavy (non-hydrogen) atoms. The standard InChI is InChI=1S/C14H17N3S/c1-2-5-14-13(4-1)12(11-18-14)10-15-7-9-17-8-3-6-16-17/h1-6,8,12,15H,7,9-11H2. The number of nitrogens with one attached hydrogen (secondary N) is 1. The van der Waals surface area contributed by atoms with Gasteiger partial charge < -0.3 is 5.32 Å². The summed E-state index contributed by atoms with van der Waals surface area (Å²) in [4.78, 5) is 1.45. The van der Waals surface area contributed by atoms with Crippen molar-refractivity contribution in [1.29, 1.82) is 0 Å². The first-order chi connectivity index (χ1) is 8.93. The van der Waals surface area contributed by atoms with Crippen LogP contribution in [0.15, 0.2) is 47.6 Å². The van der Waals surface area contributed by atoms with Crippen LogP contribution in [-0.4, -0.2) is 28.6 Å². The van der Waals surface area contributed by atoms with Crippen LogP contribution in [-0.2, 0) is 6.54 Å². The van der Waals surface area contributed by atoms with E-state index in [4.69, 9.17) is 0 Å². The first-order valence-electron chi connectivity index (χ1n) is 6.33. The van der Waals surface area contributed by atoms with E-state index in [9.17, 15) is 0 Å². The Morgan fingerprint density at radius 2 is 2.28 bits per heavy atom. The summed E-state index contributed by atoms with van der Waals surface area (Å²) < 4.78 is 1.96. The Labute approximate surface area is 112 Å². The van der Waals surface area contributed by atoms with Crippen LogP contribution in [0.3, 0.4) is 0 Å². The van der Waals surface area contributed by atoms with Gasteiger partial charge in [0.1, 0.15) is 0 Å². The fraction of sp³-hybridized carbons (Fsp3) is 0.357. The highest BCUT2D eigenvalue weighted by molar-refractivity contribution is 7.99. The molecule has 1 unspecified atom stereocenters. The lowest BCUT2D eigenvalue weighted by Gasteiger charge is -2.12. The van der Waals surface area contributed by atoms with Crippen molar-refractivity contribution in [2.24, 2.45) is 0 Å². The van der Waals surface area contributed by atoms with Gasteiger partial charge in [0.05, 0.1) is 6.54 Å². The molecular weight excluding hydrogens is 242 g/mol. The number of rotatable bonds is 5. The fourth-order valence-corrected chi connectivity index (χ4v) is 3.56. The molecule has 1 aliphatic heterocycles. The lowest BCUT2D eigenvalue weighted by atomic mass is 10.0. The smallest absolute Gasteiger partial charge is 0.0533 e. The Bertz CT molecular complexity index is 496. The Hall–Kier alpha value is -1.26. The molecule has 1 aromatic heterocycles. The van der Waals surface area contributed by atoms with Crippen molar-refractivity contribution in [1.82, 2.24) is 15.1 Å². The quantitative estimate of drug-likeness (QED) is 0.836. The van der Waals surface area contributed by atoms with Crippen LogP contribution >= 0.6 is 11.8 Å². The van der Waals surface area contributed by atoms with Crippen molar-refractivity contribution < 1.29 is 0 Å². The number of benzene rings is 1. The molecule has 1 aliphatic rings. The van der Waals surface area contributed by atoms with Gasteiger partial charge in [-0.25, -0.2) is 0 Å². The second kappa shape index (κ2) is 5.59. The zero-order valence-corrected chi connectivity index (χ0v) is 11.1. The summed E-state index contributed by atoms with van der Waals surface area (Å²) in [5.41, 5.74) is 1.51. The maximum absolute atomic E-state index is 4.19. The minimum atomic E-state index is 0.656. The van der Waals surface area contributed by atoms with Crippen LogP contribution in [0.4, 0.5) is 0 Å². The van der Waals surface area contributed by atoms with Crippen LogP contribution in [0.5, 0.6) is 0 Å². The molecule has 1 aromatic carbocycles. The first kappa shape index (κ1) is 11.8. The molecule has 0 saturated carbocycles. The van der Waals surface area contributed by atoms with Crippen molar-refractivity contribution in [3.05, 3.63) is 48.3 Å². The summed E-state index contributed by atoms with van der Waals surface area (Å²) >= 11 is 1.97. The molecule has 1 N–H and O–H groups in total. The van der Waals surface area contributed by atoms with E-state index >= 15 is 0 Å². The zero-order chi connectivity index (χ0) is 12.2. The van der Waals surface area contributed by atoms with Gasteiger partial charge in [-0.3, -0.25) is 4.68 Å². The maximum atomic E-state index is 4.19. The van der Waals surface area contributed by atoms with Crippen LogP contribution in [0.25, 0.3) is 0 Å². The van der Waals surface area contributed by atoms with Gasteiger partial charge >= 0.3 is 0 Å². The average molecular weight is 259 g/mol. The fourth-order valence-electron chi connectivity index (χ4n) is 2.30. The summed E-state index contributed by atoms with van der Waals surface area (Å²) in [5.74, 6) is 1.86. The lowest BCUT2D eigenvalue weighted by Crippen LogP contribution is -2.25. The number of hydrogen-bond donors (Lipinski definition) is 1. The first-order valence-corrected chi connectivity index (χ1v) is 7.32. The number of hydrogen-bond acceptors (Lipinski definition) is 3. The van der Waals surface area contributed by atoms with E-state index in [2.05, 4.69) is 34.7 Å². The van der Waals surface area contributed by atoms with Crippen LogP contribution in [0, 0.1) is 0 Å². The zero-order valence-electron chi connectivity index (χ0n) is 10.2. The topological polar surface area (TPSA) is 29.9 Å². The Morgan fingerprint density at radius 1 is 1.33 bits per heavy atom. The third kappa shape index (κ3) is 2.60. The Balaban J connectivity index is 1.47. The molecule has 0 amide bonds. The maximum Gasteiger partial charge on any atom is 0.0533 e. The van der Waals surface area contributed by atoms with Gasteiger partial charge in [-0.05, 0) is 17.7 Å². The second-order valence-corrected chi connectivity index (χ2v) is 5.58. The molecule has 2 heterocycles. The van der Waals surface area contributed by atoms with E-state index < -0.39 is 0 Å². The molecule has 94 valence electrons. The molecule has 0 saturated heterocycles. The van der Waals surface area contributed by atoms with Crippen molar-refractivity contribution in [3.8, 4) is 0 Å². The summed E-state index contributed by atoms with van der Waals surface area (Å²) in [6.07, 6.45) is 3.83. The van der Waals surface area contributed by atoms with Crippen molar-refractivity contribution in [2.75, 3.05) is 18.8 Å². The molecular formula is C14H17N3S. The summed E-state index contributed by atoms with van der Waals surface area (Å²) in [6.45, 7) is 2.98. The van der Waals surface area contributed by atoms with Crippen LogP contribution in [0.1, 0.15) is 11.5 Å². The summed E-state index contributed by atoms with van der Waals surface area (Å²) in [7, 11) is 0. The molecule has 0 spiro atoms. The summed E-state index contributed by atoms with van der Waals surface area (Å²) in [5, 5.41) is 7.73. The lowest BCUT2D eigenvalue weighted by molar-refractivity contribution is 0.537. The molecule has 3 nitrogen and oxygen atoms in total.